The van der Waals surface area contributed by atoms with Crippen LogP contribution in [0, 0.1) is 25.2 Å². The Bertz CT molecular complexity index is 529. The van der Waals surface area contributed by atoms with Crippen LogP contribution < -0.4 is 0 Å². The summed E-state index contributed by atoms with van der Waals surface area (Å²) in [6, 6.07) is 5.00. The molecule has 1 rings (SSSR count). The lowest BCUT2D eigenvalue weighted by molar-refractivity contribution is 0.598. The van der Waals surface area contributed by atoms with E-state index < -0.39 is 15.6 Å². The average molecular weight is 288 g/mol. The van der Waals surface area contributed by atoms with Crippen LogP contribution in [0.25, 0.3) is 0 Å². The highest BCUT2D eigenvalue weighted by Crippen LogP contribution is 2.26. The van der Waals surface area contributed by atoms with Gasteiger partial charge in [0.25, 0.3) is 0 Å². The summed E-state index contributed by atoms with van der Waals surface area (Å²) < 4.78 is 23.8. The molecule has 0 N–H and O–H groups in total. The van der Waals surface area contributed by atoms with E-state index in [-0.39, 0.29) is 4.90 Å². The molecule has 0 aliphatic rings. The first-order valence-corrected chi connectivity index (χ1v) is 6.69. The topological polar surface area (TPSA) is 57.9 Å². The van der Waals surface area contributed by atoms with Crippen LogP contribution in [0.5, 0.6) is 0 Å². The minimum Gasteiger partial charge on any atom is -0.223 e. The van der Waals surface area contributed by atoms with Crippen LogP contribution >= 0.6 is 15.9 Å². The average Bonchev–Trinajstić information content (AvgIpc) is 2.11. The summed E-state index contributed by atoms with van der Waals surface area (Å²) in [4.78, 5) is 0.187. The SMILES string of the molecule is Cc1cc(Br)c(S(=O)(=O)CC#N)cc1C. The first-order chi connectivity index (χ1) is 6.88. The summed E-state index contributed by atoms with van der Waals surface area (Å²) in [6.07, 6.45) is 0. The van der Waals surface area contributed by atoms with Gasteiger partial charge >= 0.3 is 0 Å². The number of nitriles is 1. The highest BCUT2D eigenvalue weighted by atomic mass is 79.9. The number of halogens is 1. The molecule has 1 aromatic carbocycles. The van der Waals surface area contributed by atoms with Crippen molar-refractivity contribution in [1.82, 2.24) is 0 Å². The quantitative estimate of drug-likeness (QED) is 0.839. The lowest BCUT2D eigenvalue weighted by Gasteiger charge is -2.07. The first-order valence-electron chi connectivity index (χ1n) is 4.25. The van der Waals surface area contributed by atoms with Gasteiger partial charge in [0.05, 0.1) is 11.0 Å². The molecule has 3 nitrogen and oxygen atoms in total. The van der Waals surface area contributed by atoms with Gasteiger partial charge in [-0.2, -0.15) is 5.26 Å². The molecule has 0 saturated carbocycles. The second kappa shape index (κ2) is 4.33. The summed E-state index contributed by atoms with van der Waals surface area (Å²) in [6.45, 7) is 3.74. The van der Waals surface area contributed by atoms with E-state index >= 15 is 0 Å². The molecule has 80 valence electrons. The predicted molar refractivity (Wildman–Crippen MR) is 61.3 cm³/mol. The lowest BCUT2D eigenvalue weighted by Crippen LogP contribution is -2.06. The molecule has 0 bridgehead atoms. The smallest absolute Gasteiger partial charge is 0.192 e. The predicted octanol–water partition coefficient (Wildman–Crippen LogP) is 2.36. The zero-order chi connectivity index (χ0) is 11.6. The molecule has 15 heavy (non-hydrogen) atoms. The Balaban J connectivity index is 3.41. The summed E-state index contributed by atoms with van der Waals surface area (Å²) >= 11 is 3.20. The van der Waals surface area contributed by atoms with E-state index in [1.807, 2.05) is 13.8 Å². The van der Waals surface area contributed by atoms with Crippen LogP contribution in [-0.2, 0) is 9.84 Å². The molecule has 0 radical (unpaired) electrons. The Morgan fingerprint density at radius 3 is 2.40 bits per heavy atom. The van der Waals surface area contributed by atoms with Gasteiger partial charge in [0.1, 0.15) is 5.75 Å². The van der Waals surface area contributed by atoms with E-state index in [0.717, 1.165) is 11.1 Å². The van der Waals surface area contributed by atoms with Gasteiger partial charge < -0.3 is 0 Å². The first kappa shape index (κ1) is 12.2. The summed E-state index contributed by atoms with van der Waals surface area (Å²) in [5.74, 6) is -0.492. The summed E-state index contributed by atoms with van der Waals surface area (Å²) in [5, 5.41) is 8.43. The Morgan fingerprint density at radius 1 is 1.33 bits per heavy atom. The van der Waals surface area contributed by atoms with E-state index in [2.05, 4.69) is 15.9 Å². The molecular formula is C10H10BrNO2S. The molecule has 1 aromatic rings. The Labute approximate surface area is 97.8 Å². The zero-order valence-electron chi connectivity index (χ0n) is 8.41. The normalized spacial score (nSPS) is 11.1. The maximum absolute atomic E-state index is 11.7. The van der Waals surface area contributed by atoms with Gasteiger partial charge in [-0.3, -0.25) is 0 Å². The highest BCUT2D eigenvalue weighted by molar-refractivity contribution is 9.10. The Hall–Kier alpha value is -0.860. The van der Waals surface area contributed by atoms with Crippen LogP contribution in [-0.4, -0.2) is 14.2 Å². The van der Waals surface area contributed by atoms with Crippen molar-refractivity contribution in [3.05, 3.63) is 27.7 Å². The summed E-state index contributed by atoms with van der Waals surface area (Å²) in [7, 11) is -3.49. The second-order valence-electron chi connectivity index (χ2n) is 3.28. The van der Waals surface area contributed by atoms with Crippen LogP contribution in [0.15, 0.2) is 21.5 Å². The lowest BCUT2D eigenvalue weighted by atomic mass is 10.1. The fraction of sp³-hybridized carbons (Fsp3) is 0.300. The van der Waals surface area contributed by atoms with Gasteiger partial charge in [-0.05, 0) is 53.0 Å². The number of rotatable bonds is 2. The number of benzene rings is 1. The maximum Gasteiger partial charge on any atom is 0.192 e. The third-order valence-electron chi connectivity index (χ3n) is 2.14. The molecule has 0 unspecified atom stereocenters. The van der Waals surface area contributed by atoms with Crippen molar-refractivity contribution in [2.45, 2.75) is 18.7 Å². The second-order valence-corrected chi connectivity index (χ2v) is 6.10. The van der Waals surface area contributed by atoms with Gasteiger partial charge in [-0.25, -0.2) is 8.42 Å². The van der Waals surface area contributed by atoms with E-state index in [1.54, 1.807) is 18.2 Å². The molecule has 5 heteroatoms. The van der Waals surface area contributed by atoms with Crippen molar-refractivity contribution < 1.29 is 8.42 Å². The monoisotopic (exact) mass is 287 g/mol. The molecule has 0 aliphatic heterocycles. The van der Waals surface area contributed by atoms with Gasteiger partial charge in [-0.15, -0.1) is 0 Å². The number of hydrogen-bond donors (Lipinski definition) is 0. The Kier molecular flexibility index (Phi) is 3.53. The van der Waals surface area contributed by atoms with E-state index in [1.165, 1.54) is 0 Å². The molecule has 0 spiro atoms. The molecule has 0 saturated heterocycles. The number of aryl methyl sites for hydroxylation is 2. The third-order valence-corrected chi connectivity index (χ3v) is 4.57. The molecular weight excluding hydrogens is 278 g/mol. The van der Waals surface area contributed by atoms with Gasteiger partial charge in [0, 0.05) is 4.47 Å². The van der Waals surface area contributed by atoms with E-state index in [4.69, 9.17) is 5.26 Å². The number of hydrogen-bond acceptors (Lipinski definition) is 3. The molecule has 0 atom stereocenters. The molecule has 0 heterocycles. The molecule has 0 fully saturated rings. The van der Waals surface area contributed by atoms with Crippen LogP contribution in [0.2, 0.25) is 0 Å². The van der Waals surface area contributed by atoms with Crippen molar-refractivity contribution in [3.63, 3.8) is 0 Å². The van der Waals surface area contributed by atoms with Crippen molar-refractivity contribution in [1.29, 1.82) is 5.26 Å². The molecule has 0 aromatic heterocycles. The maximum atomic E-state index is 11.7. The van der Waals surface area contributed by atoms with Crippen molar-refractivity contribution >= 4 is 25.8 Å². The largest absolute Gasteiger partial charge is 0.223 e. The minimum atomic E-state index is -3.49. The standard InChI is InChI=1S/C10H10BrNO2S/c1-7-5-9(11)10(6-8(7)2)15(13,14)4-3-12/h5-6H,4H2,1-2H3. The third kappa shape index (κ3) is 2.58. The van der Waals surface area contributed by atoms with Crippen LogP contribution in [0.3, 0.4) is 0 Å². The fourth-order valence-corrected chi connectivity index (χ4v) is 3.39. The highest BCUT2D eigenvalue weighted by Gasteiger charge is 2.18. The van der Waals surface area contributed by atoms with Crippen molar-refractivity contribution in [2.24, 2.45) is 0 Å². The van der Waals surface area contributed by atoms with Gasteiger partial charge in [0.15, 0.2) is 9.84 Å². The van der Waals surface area contributed by atoms with Crippen molar-refractivity contribution in [3.8, 4) is 6.07 Å². The van der Waals surface area contributed by atoms with E-state index in [0.29, 0.717) is 4.47 Å². The Morgan fingerprint density at radius 2 is 1.87 bits per heavy atom. The van der Waals surface area contributed by atoms with Crippen molar-refractivity contribution in [2.75, 3.05) is 5.75 Å². The fourth-order valence-electron chi connectivity index (χ4n) is 1.16. The number of nitrogens with zero attached hydrogens (tertiary/aromatic N) is 1. The van der Waals surface area contributed by atoms with Gasteiger partial charge in [-0.1, -0.05) is 0 Å². The summed E-state index contributed by atoms with van der Waals surface area (Å²) in [5.41, 5.74) is 1.91. The molecule has 0 aliphatic carbocycles. The van der Waals surface area contributed by atoms with Gasteiger partial charge in [0.2, 0.25) is 0 Å². The van der Waals surface area contributed by atoms with Crippen LogP contribution in [0.1, 0.15) is 11.1 Å². The number of sulfone groups is 1. The van der Waals surface area contributed by atoms with Crippen LogP contribution in [0.4, 0.5) is 0 Å². The molecule has 0 amide bonds. The van der Waals surface area contributed by atoms with E-state index in [9.17, 15) is 8.42 Å². The minimum absolute atomic E-state index is 0.187. The zero-order valence-corrected chi connectivity index (χ0v) is 10.8.